The molecule has 29 heavy (non-hydrogen) atoms. The van der Waals surface area contributed by atoms with Crippen molar-refractivity contribution in [1.82, 2.24) is 5.48 Å². The second kappa shape index (κ2) is 8.22. The largest absolute Gasteiger partial charge is 0.435 e. The molecule has 0 atom stereocenters. The van der Waals surface area contributed by atoms with Crippen LogP contribution < -0.4 is 10.8 Å². The minimum absolute atomic E-state index is 0.0818. The minimum Gasteiger partial charge on any atom is -0.323 e. The molecule has 0 bridgehead atoms. The molecule has 0 spiro atoms. The van der Waals surface area contributed by atoms with Crippen molar-refractivity contribution in [3.63, 3.8) is 0 Å². The van der Waals surface area contributed by atoms with Crippen molar-refractivity contribution < 1.29 is 14.4 Å². The van der Waals surface area contributed by atoms with Crippen LogP contribution in [-0.2, 0) is 4.84 Å². The van der Waals surface area contributed by atoms with Crippen LogP contribution in [0.1, 0.15) is 21.5 Å². The molecule has 0 unspecified atom stereocenters. The molecule has 0 aliphatic heterocycles. The Morgan fingerprint density at radius 2 is 1.45 bits per heavy atom. The number of amides is 1. The summed E-state index contributed by atoms with van der Waals surface area (Å²) in [5, 5.41) is 2.58. The van der Waals surface area contributed by atoms with Crippen LogP contribution >= 0.6 is 0 Å². The number of hydrogen-bond donors (Lipinski definition) is 2. The van der Waals surface area contributed by atoms with Crippen LogP contribution in [0.2, 0.25) is 0 Å². The molecule has 142 valence electrons. The van der Waals surface area contributed by atoms with Crippen LogP contribution in [0.4, 0.5) is 10.5 Å². The van der Waals surface area contributed by atoms with E-state index in [0.717, 1.165) is 11.1 Å². The van der Waals surface area contributed by atoms with Crippen molar-refractivity contribution in [2.75, 3.05) is 5.32 Å². The van der Waals surface area contributed by atoms with Crippen molar-refractivity contribution in [2.24, 2.45) is 4.99 Å². The number of fused-ring (bicyclic) bond motifs is 1. The monoisotopic (exact) mass is 383 g/mol. The van der Waals surface area contributed by atoms with Crippen molar-refractivity contribution in [3.8, 4) is 0 Å². The number of carbonyl (C=O) groups excluding carboxylic acids is 2. The van der Waals surface area contributed by atoms with Gasteiger partial charge in [-0.3, -0.25) is 10.1 Å². The second-order valence-electron chi connectivity index (χ2n) is 6.22. The Kier molecular flexibility index (Phi) is 5.16. The second-order valence-corrected chi connectivity index (χ2v) is 6.22. The number of rotatable bonds is 5. The zero-order valence-corrected chi connectivity index (χ0v) is 15.3. The molecule has 3 aromatic rings. The van der Waals surface area contributed by atoms with Gasteiger partial charge in [0, 0.05) is 16.8 Å². The zero-order valence-electron chi connectivity index (χ0n) is 15.3. The number of carbonyl (C=O) groups is 2. The third-order valence-electron chi connectivity index (χ3n) is 4.37. The number of para-hydroxylation sites is 1. The highest BCUT2D eigenvalue weighted by molar-refractivity contribution is 6.39. The number of ketones is 1. The molecule has 6 nitrogen and oxygen atoms in total. The Hall–Kier alpha value is -4.19. The Balaban J connectivity index is 1.52. The number of Topliss-reactive ketones (excluding diaryl/α,β-unsaturated/α-hetero) is 1. The predicted molar refractivity (Wildman–Crippen MR) is 112 cm³/mol. The van der Waals surface area contributed by atoms with Crippen LogP contribution in [0.3, 0.4) is 0 Å². The topological polar surface area (TPSA) is 79.8 Å². The third-order valence-corrected chi connectivity index (χ3v) is 4.37. The van der Waals surface area contributed by atoms with Crippen molar-refractivity contribution >= 4 is 35.2 Å². The van der Waals surface area contributed by atoms with E-state index in [2.05, 4.69) is 15.8 Å². The Morgan fingerprint density at radius 3 is 2.17 bits per heavy atom. The normalized spacial score (nSPS) is 12.8. The fourth-order valence-electron chi connectivity index (χ4n) is 3.11. The number of anilines is 1. The molecule has 1 amide bonds. The summed E-state index contributed by atoms with van der Waals surface area (Å²) in [5.41, 5.74) is 6.17. The molecule has 2 N–H and O–H groups in total. The molecule has 0 aromatic heterocycles. The van der Waals surface area contributed by atoms with Crippen LogP contribution in [0.5, 0.6) is 0 Å². The first-order valence-electron chi connectivity index (χ1n) is 8.99. The van der Waals surface area contributed by atoms with Crippen LogP contribution in [0.25, 0.3) is 11.3 Å². The van der Waals surface area contributed by atoms with E-state index in [1.807, 2.05) is 54.6 Å². The molecule has 0 saturated heterocycles. The van der Waals surface area contributed by atoms with Crippen molar-refractivity contribution in [1.29, 1.82) is 0 Å². The zero-order chi connectivity index (χ0) is 20.1. The van der Waals surface area contributed by atoms with E-state index in [0.29, 0.717) is 22.5 Å². The highest BCUT2D eigenvalue weighted by Crippen LogP contribution is 2.38. The van der Waals surface area contributed by atoms with Crippen LogP contribution in [-0.4, -0.2) is 18.2 Å². The number of allylic oxidation sites excluding steroid dienone is 1. The van der Waals surface area contributed by atoms with Crippen LogP contribution in [0, 0.1) is 0 Å². The number of nitrogens with zero attached hydrogens (tertiary/aromatic N) is 1. The molecule has 0 heterocycles. The molecular formula is C23H17N3O3. The summed E-state index contributed by atoms with van der Waals surface area (Å²) >= 11 is 0. The maximum atomic E-state index is 12.9. The van der Waals surface area contributed by atoms with Gasteiger partial charge in [-0.2, -0.15) is 0 Å². The molecule has 1 aliphatic rings. The standard InChI is InChI=1S/C23H17N3O3/c27-22-19-14-8-7-13-18(19)21(20(22)16-9-3-1-4-10-16)24-15-25-29-23(28)26-17-11-5-2-6-12-17/h1-15H,(H,24,25)(H,26,28). The minimum atomic E-state index is -0.678. The number of hydrogen-bond acceptors (Lipinski definition) is 4. The van der Waals surface area contributed by atoms with Gasteiger partial charge in [0.15, 0.2) is 5.78 Å². The average molecular weight is 383 g/mol. The lowest BCUT2D eigenvalue weighted by molar-refractivity contribution is 0.105. The van der Waals surface area contributed by atoms with Gasteiger partial charge in [-0.15, -0.1) is 0 Å². The molecule has 3 aromatic carbocycles. The van der Waals surface area contributed by atoms with Gasteiger partial charge < -0.3 is 4.84 Å². The molecular weight excluding hydrogens is 366 g/mol. The SMILES string of the molecule is O=C(Nc1ccccc1)ONC=NC1=C(c2ccccc2)C(=O)c2ccccc21. The predicted octanol–water partition coefficient (Wildman–Crippen LogP) is 4.53. The average Bonchev–Trinajstić information content (AvgIpc) is 3.04. The van der Waals surface area contributed by atoms with E-state index < -0.39 is 6.09 Å². The van der Waals surface area contributed by atoms with Gasteiger partial charge in [-0.1, -0.05) is 72.8 Å². The van der Waals surface area contributed by atoms with Gasteiger partial charge in [0.05, 0.1) is 11.3 Å². The van der Waals surface area contributed by atoms with Crippen LogP contribution in [0.15, 0.2) is 89.9 Å². The first-order chi connectivity index (χ1) is 14.2. The van der Waals surface area contributed by atoms with Gasteiger partial charge in [-0.25, -0.2) is 15.3 Å². The maximum Gasteiger partial charge on any atom is 0.435 e. The fourth-order valence-corrected chi connectivity index (χ4v) is 3.11. The summed E-state index contributed by atoms with van der Waals surface area (Å²) in [4.78, 5) is 34.0. The first-order valence-corrected chi connectivity index (χ1v) is 8.99. The van der Waals surface area contributed by atoms with Crippen molar-refractivity contribution in [2.45, 2.75) is 0 Å². The Morgan fingerprint density at radius 1 is 0.828 bits per heavy atom. The molecule has 1 aliphatic carbocycles. The maximum absolute atomic E-state index is 12.9. The summed E-state index contributed by atoms with van der Waals surface area (Å²) in [6.07, 6.45) is 0.570. The summed E-state index contributed by atoms with van der Waals surface area (Å²) in [6.45, 7) is 0. The van der Waals surface area contributed by atoms with Gasteiger partial charge in [0.2, 0.25) is 0 Å². The highest BCUT2D eigenvalue weighted by atomic mass is 16.7. The smallest absolute Gasteiger partial charge is 0.323 e. The lowest BCUT2D eigenvalue weighted by Gasteiger charge is -2.06. The van der Waals surface area contributed by atoms with E-state index >= 15 is 0 Å². The summed E-state index contributed by atoms with van der Waals surface area (Å²) in [5.74, 6) is -0.0818. The van der Waals surface area contributed by atoms with Gasteiger partial charge in [-0.05, 0) is 17.7 Å². The van der Waals surface area contributed by atoms with E-state index in [-0.39, 0.29) is 5.78 Å². The van der Waals surface area contributed by atoms with Gasteiger partial charge in [0.1, 0.15) is 6.34 Å². The fraction of sp³-hybridized carbons (Fsp3) is 0. The molecule has 4 rings (SSSR count). The molecule has 0 fully saturated rings. The molecule has 6 heteroatoms. The van der Waals surface area contributed by atoms with Gasteiger partial charge in [0.25, 0.3) is 0 Å². The van der Waals surface area contributed by atoms with E-state index in [1.165, 1.54) is 6.34 Å². The van der Waals surface area contributed by atoms with Crippen molar-refractivity contribution in [3.05, 3.63) is 102 Å². The number of benzene rings is 3. The van der Waals surface area contributed by atoms with Gasteiger partial charge >= 0.3 is 6.09 Å². The quantitative estimate of drug-likeness (QED) is 0.385. The van der Waals surface area contributed by atoms with E-state index in [4.69, 9.17) is 4.84 Å². The third kappa shape index (κ3) is 3.91. The number of aliphatic imine (C=N–C) groups is 1. The first kappa shape index (κ1) is 18.2. The number of hydroxylamine groups is 1. The highest BCUT2D eigenvalue weighted by Gasteiger charge is 2.29. The van der Waals surface area contributed by atoms with E-state index in [9.17, 15) is 9.59 Å². The molecule has 0 saturated carbocycles. The Bertz CT molecular complexity index is 1110. The summed E-state index contributed by atoms with van der Waals surface area (Å²) in [7, 11) is 0. The Labute approximate surface area is 167 Å². The van der Waals surface area contributed by atoms with E-state index in [1.54, 1.807) is 30.3 Å². The lowest BCUT2D eigenvalue weighted by Crippen LogP contribution is -2.22. The molecule has 0 radical (unpaired) electrons. The summed E-state index contributed by atoms with van der Waals surface area (Å²) in [6, 6.07) is 25.6. The lowest BCUT2D eigenvalue weighted by atomic mass is 10.0. The summed E-state index contributed by atoms with van der Waals surface area (Å²) < 4.78 is 0. The number of nitrogens with one attached hydrogen (secondary N) is 2.